The lowest BCUT2D eigenvalue weighted by molar-refractivity contribution is -0.578. The number of alkyl halides is 3. The standard InChI is InChI=1S/C19H17F3N4O5/c1-16-12(28)7-17(31-16,4-5-27)18(25-24)13(16)14(29)26(15(18)30)10-3-2-9(8-23)11(6-10)19(20,21)22/h2-3,6,12-13,25,27-28H,4-5,7H2,1H3/t12-,13?,16?,17?,18-/m1/s1. The third-order valence-electron chi connectivity index (χ3n) is 6.71. The fourth-order valence-electron chi connectivity index (χ4n) is 5.38. The highest BCUT2D eigenvalue weighted by Crippen LogP contribution is 2.62. The Morgan fingerprint density at radius 3 is 2.65 bits per heavy atom. The minimum atomic E-state index is -4.92. The van der Waals surface area contributed by atoms with Crippen LogP contribution < -0.4 is 10.0 Å². The molecule has 4 rings (SSSR count). The monoisotopic (exact) mass is 438 g/mol. The lowest BCUT2D eigenvalue weighted by Crippen LogP contribution is -2.93. The van der Waals surface area contributed by atoms with E-state index in [0.717, 1.165) is 12.1 Å². The first-order valence-electron chi connectivity index (χ1n) is 9.33. The quantitative estimate of drug-likeness (QED) is 0.430. The van der Waals surface area contributed by atoms with Crippen molar-refractivity contribution in [2.75, 3.05) is 11.5 Å². The molecule has 12 heteroatoms. The Hall–Kier alpha value is -2.88. The molecule has 3 aliphatic heterocycles. The molecule has 3 saturated heterocycles. The van der Waals surface area contributed by atoms with Gasteiger partial charge in [0.05, 0.1) is 29.0 Å². The third-order valence-corrected chi connectivity index (χ3v) is 6.71. The molecule has 3 unspecified atom stereocenters. The molecule has 9 nitrogen and oxygen atoms in total. The average molecular weight is 438 g/mol. The van der Waals surface area contributed by atoms with Gasteiger partial charge in [0.1, 0.15) is 17.1 Å². The minimum Gasteiger partial charge on any atom is -0.508 e. The number of ether oxygens (including phenoxy) is 1. The minimum absolute atomic E-state index is 0.192. The first kappa shape index (κ1) is 21.4. The van der Waals surface area contributed by atoms with Crippen LogP contribution in [-0.4, -0.2) is 51.5 Å². The molecule has 31 heavy (non-hydrogen) atoms. The zero-order valence-corrected chi connectivity index (χ0v) is 16.1. The van der Waals surface area contributed by atoms with Crippen molar-refractivity contribution in [2.24, 2.45) is 5.92 Å². The van der Waals surface area contributed by atoms with Crippen LogP contribution in [0.3, 0.4) is 0 Å². The molecule has 3 aliphatic rings. The largest absolute Gasteiger partial charge is 0.508 e. The first-order valence-corrected chi connectivity index (χ1v) is 9.33. The number of nitriles is 1. The molecule has 0 aromatic heterocycles. The lowest BCUT2D eigenvalue weighted by Gasteiger charge is -2.38. The molecule has 164 valence electrons. The molecular weight excluding hydrogens is 421 g/mol. The SMILES string of the molecule is CC12OC(CCO)(C[C@H]1O)[C@]1([NH+]=[N-])C(=O)N(c3ccc(C#N)c(C(F)(F)F)c3)C(=O)C21. The number of carbonyl (C=O) groups excluding carboxylic acids is 2. The normalized spacial score (nSPS) is 36.6. The lowest BCUT2D eigenvalue weighted by atomic mass is 9.61. The number of imide groups is 1. The molecule has 2 bridgehead atoms. The van der Waals surface area contributed by atoms with Gasteiger partial charge >= 0.3 is 12.1 Å². The number of fused-ring (bicyclic) bond motifs is 5. The smallest absolute Gasteiger partial charge is 0.417 e. The number of benzene rings is 1. The van der Waals surface area contributed by atoms with Crippen molar-refractivity contribution in [1.82, 2.24) is 0 Å². The Bertz CT molecular complexity index is 1060. The summed E-state index contributed by atoms with van der Waals surface area (Å²) in [7, 11) is 0. The molecule has 0 radical (unpaired) electrons. The molecule has 1 aromatic carbocycles. The van der Waals surface area contributed by atoms with Crippen LogP contribution in [0.4, 0.5) is 18.9 Å². The van der Waals surface area contributed by atoms with Crippen molar-refractivity contribution in [2.45, 2.75) is 48.8 Å². The number of hydrogen-bond donors (Lipinski definition) is 3. The van der Waals surface area contributed by atoms with E-state index >= 15 is 0 Å². The number of amides is 2. The summed E-state index contributed by atoms with van der Waals surface area (Å²) >= 11 is 0. The Morgan fingerprint density at radius 2 is 2.10 bits per heavy atom. The zero-order valence-electron chi connectivity index (χ0n) is 16.1. The van der Waals surface area contributed by atoms with Gasteiger partial charge in [0.2, 0.25) is 5.91 Å². The summed E-state index contributed by atoms with van der Waals surface area (Å²) in [6, 6.07) is 3.80. The summed E-state index contributed by atoms with van der Waals surface area (Å²) in [5.74, 6) is -3.53. The second-order valence-electron chi connectivity index (χ2n) is 8.14. The van der Waals surface area contributed by atoms with Crippen LogP contribution in [-0.2, 0) is 20.5 Å². The Balaban J connectivity index is 1.91. The number of aliphatic hydroxyl groups is 2. The van der Waals surface area contributed by atoms with E-state index in [9.17, 15) is 38.5 Å². The predicted octanol–water partition coefficient (Wildman–Crippen LogP) is -0.418. The van der Waals surface area contributed by atoms with E-state index in [-0.39, 0.29) is 12.8 Å². The highest BCUT2D eigenvalue weighted by atomic mass is 19.4. The summed E-state index contributed by atoms with van der Waals surface area (Å²) in [5, 5.41) is 30.9. The number of hydrogen-bond acceptors (Lipinski definition) is 6. The van der Waals surface area contributed by atoms with Crippen LogP contribution in [0.5, 0.6) is 0 Å². The van der Waals surface area contributed by atoms with Gasteiger partial charge in [-0.15, -0.1) is 0 Å². The van der Waals surface area contributed by atoms with Gasteiger partial charge in [0.15, 0.2) is 0 Å². The number of rotatable bonds is 4. The van der Waals surface area contributed by atoms with Crippen LogP contribution in [0.15, 0.2) is 18.2 Å². The van der Waals surface area contributed by atoms with Crippen molar-refractivity contribution in [1.29, 1.82) is 5.26 Å². The summed E-state index contributed by atoms with van der Waals surface area (Å²) in [5.41, 5.74) is 2.17. The van der Waals surface area contributed by atoms with Crippen LogP contribution in [0.25, 0.3) is 5.53 Å². The molecule has 2 amide bonds. The first-order chi connectivity index (χ1) is 14.4. The molecule has 3 N–H and O–H groups in total. The number of nitrogens with one attached hydrogen (secondary N) is 1. The van der Waals surface area contributed by atoms with Crippen LogP contribution in [0.2, 0.25) is 0 Å². The van der Waals surface area contributed by atoms with Gasteiger partial charge in [0, 0.05) is 19.4 Å². The number of carbonyl (C=O) groups is 2. The van der Waals surface area contributed by atoms with E-state index in [2.05, 4.69) is 0 Å². The van der Waals surface area contributed by atoms with E-state index < -0.39 is 70.2 Å². The fourth-order valence-corrected chi connectivity index (χ4v) is 5.38. The zero-order chi connectivity index (χ0) is 23.0. The van der Waals surface area contributed by atoms with E-state index in [1.807, 2.05) is 5.11 Å². The van der Waals surface area contributed by atoms with E-state index in [1.54, 1.807) is 0 Å². The van der Waals surface area contributed by atoms with Crippen molar-refractivity contribution >= 4 is 17.5 Å². The second kappa shape index (κ2) is 6.32. The number of aliphatic hydroxyl groups excluding tert-OH is 2. The van der Waals surface area contributed by atoms with Crippen molar-refractivity contribution in [3.63, 3.8) is 0 Å². The Morgan fingerprint density at radius 1 is 1.42 bits per heavy atom. The van der Waals surface area contributed by atoms with Gasteiger partial charge in [-0.3, -0.25) is 9.59 Å². The van der Waals surface area contributed by atoms with Gasteiger partial charge in [-0.25, -0.2) is 4.90 Å². The van der Waals surface area contributed by atoms with Crippen LogP contribution >= 0.6 is 0 Å². The summed E-state index contributed by atoms with van der Waals surface area (Å²) in [4.78, 5) is 27.3. The summed E-state index contributed by atoms with van der Waals surface area (Å²) in [6.07, 6.45) is -6.56. The second-order valence-corrected chi connectivity index (χ2v) is 8.14. The van der Waals surface area contributed by atoms with E-state index in [4.69, 9.17) is 10.00 Å². The molecule has 3 fully saturated rings. The highest BCUT2D eigenvalue weighted by molar-refractivity contribution is 6.26. The molecular formula is C19H17F3N4O5. The maximum atomic E-state index is 13.5. The van der Waals surface area contributed by atoms with Crippen molar-refractivity contribution < 1.29 is 42.8 Å². The topological polar surface area (TPSA) is 147 Å². The Labute approximate surface area is 173 Å². The highest BCUT2D eigenvalue weighted by Gasteiger charge is 2.88. The average Bonchev–Trinajstić information content (AvgIpc) is 3.19. The van der Waals surface area contributed by atoms with Crippen LogP contribution in [0, 0.1) is 17.2 Å². The van der Waals surface area contributed by atoms with Crippen molar-refractivity contribution in [3.8, 4) is 6.07 Å². The van der Waals surface area contributed by atoms with Gasteiger partial charge in [-0.1, -0.05) is 0 Å². The van der Waals surface area contributed by atoms with Crippen LogP contribution in [0.1, 0.15) is 30.9 Å². The number of nitrogens with zero attached hydrogens (tertiary/aromatic N) is 3. The number of anilines is 1. The molecule has 5 atom stereocenters. The summed E-state index contributed by atoms with van der Waals surface area (Å²) in [6.45, 7) is 0.866. The van der Waals surface area contributed by atoms with Gasteiger partial charge in [0.25, 0.3) is 5.54 Å². The van der Waals surface area contributed by atoms with Gasteiger partial charge in [-0.05, 0) is 25.1 Å². The maximum Gasteiger partial charge on any atom is 0.417 e. The fraction of sp³-hybridized carbons (Fsp3) is 0.526. The van der Waals surface area contributed by atoms with E-state index in [1.165, 1.54) is 13.0 Å². The Kier molecular flexibility index (Phi) is 4.35. The van der Waals surface area contributed by atoms with E-state index in [0.29, 0.717) is 11.0 Å². The predicted molar refractivity (Wildman–Crippen MR) is 93.7 cm³/mol. The summed E-state index contributed by atoms with van der Waals surface area (Å²) < 4.78 is 46.1. The van der Waals surface area contributed by atoms with Gasteiger partial charge < -0.3 is 25.6 Å². The molecule has 0 aliphatic carbocycles. The van der Waals surface area contributed by atoms with Gasteiger partial charge in [-0.2, -0.15) is 18.4 Å². The van der Waals surface area contributed by atoms with Crippen molar-refractivity contribution in [3.05, 3.63) is 34.9 Å². The third kappa shape index (κ3) is 2.36. The molecule has 0 saturated carbocycles. The molecule has 0 spiro atoms. The molecule has 1 aromatic rings. The number of halogens is 3. The maximum absolute atomic E-state index is 13.5. The molecule has 3 heterocycles.